The Bertz CT molecular complexity index is 476. The average Bonchev–Trinajstić information content (AvgIpc) is 2.35. The van der Waals surface area contributed by atoms with E-state index >= 15 is 0 Å². The monoisotopic (exact) mass is 291 g/mol. The van der Waals surface area contributed by atoms with Gasteiger partial charge in [-0.25, -0.2) is 0 Å². The van der Waals surface area contributed by atoms with Crippen LogP contribution in [-0.2, 0) is 17.3 Å². The Morgan fingerprint density at radius 1 is 1.35 bits per heavy atom. The summed E-state index contributed by atoms with van der Waals surface area (Å²) in [4.78, 5) is 4.62. The number of hydrogen-bond acceptors (Lipinski definition) is 2. The molecular weight excluding hydrogens is 262 g/mol. The summed E-state index contributed by atoms with van der Waals surface area (Å²) < 4.78 is 6.38. The molecule has 2 nitrogen and oxygen atoms in total. The topological polar surface area (TPSA) is 22.1 Å². The van der Waals surface area contributed by atoms with Gasteiger partial charge in [-0.05, 0) is 61.4 Å². The van der Waals surface area contributed by atoms with Crippen molar-refractivity contribution in [2.45, 2.75) is 65.1 Å². The van der Waals surface area contributed by atoms with E-state index in [1.807, 2.05) is 6.20 Å². The Balaban J connectivity index is 1.96. The summed E-state index contributed by atoms with van der Waals surface area (Å²) in [6.45, 7) is 14.6. The smallest absolute Gasteiger partial charge is 0.191 e. The molecule has 0 aromatic carbocycles. The predicted octanol–water partition coefficient (Wildman–Crippen LogP) is 4.52. The summed E-state index contributed by atoms with van der Waals surface area (Å²) in [5.74, 6) is 0.645. The van der Waals surface area contributed by atoms with E-state index in [0.29, 0.717) is 11.0 Å². The fourth-order valence-corrected chi connectivity index (χ4v) is 3.56. The van der Waals surface area contributed by atoms with E-state index in [9.17, 15) is 0 Å². The predicted molar refractivity (Wildman–Crippen MR) is 87.6 cm³/mol. The molecule has 0 saturated heterocycles. The Hall–Kier alpha value is -0.673. The molecule has 0 saturated carbocycles. The number of nitrogens with zero attached hydrogens (tertiary/aromatic N) is 1. The molecule has 0 spiro atoms. The van der Waals surface area contributed by atoms with Crippen LogP contribution in [0.1, 0.15) is 44.0 Å². The second kappa shape index (κ2) is 5.61. The number of aryl methyl sites for hydroxylation is 2. The maximum atomic E-state index is 6.38. The first-order chi connectivity index (χ1) is 9.19. The Morgan fingerprint density at radius 3 is 2.70 bits per heavy atom. The molecule has 0 fully saturated rings. The SMILES string of the molecule is Cc1cnc2c(c1)CCC(CO[Si](C)(C)C(C)(C)C)C2. The Labute approximate surface area is 125 Å². The first-order valence-corrected chi connectivity index (χ1v) is 10.7. The molecule has 0 amide bonds. The minimum Gasteiger partial charge on any atom is -0.417 e. The van der Waals surface area contributed by atoms with Gasteiger partial charge in [-0.3, -0.25) is 4.98 Å². The summed E-state index contributed by atoms with van der Waals surface area (Å²) in [6, 6.07) is 2.30. The van der Waals surface area contributed by atoms with Crippen molar-refractivity contribution in [3.8, 4) is 0 Å². The van der Waals surface area contributed by atoms with Gasteiger partial charge in [-0.15, -0.1) is 0 Å². The molecule has 2 rings (SSSR count). The maximum Gasteiger partial charge on any atom is 0.191 e. The Morgan fingerprint density at radius 2 is 2.05 bits per heavy atom. The van der Waals surface area contributed by atoms with Gasteiger partial charge in [-0.2, -0.15) is 0 Å². The first-order valence-electron chi connectivity index (χ1n) is 7.77. The molecule has 1 unspecified atom stereocenters. The standard InChI is InChI=1S/C17H29NOSi/c1-13-9-15-8-7-14(10-16(15)18-11-13)12-19-20(5,6)17(2,3)4/h9,11,14H,7-8,10,12H2,1-6H3. The van der Waals surface area contributed by atoms with Gasteiger partial charge in [0.2, 0.25) is 0 Å². The van der Waals surface area contributed by atoms with Gasteiger partial charge in [0, 0.05) is 18.5 Å². The van der Waals surface area contributed by atoms with E-state index in [0.717, 1.165) is 19.4 Å². The van der Waals surface area contributed by atoms with Crippen LogP contribution in [0.4, 0.5) is 0 Å². The van der Waals surface area contributed by atoms with Crippen LogP contribution in [0.3, 0.4) is 0 Å². The van der Waals surface area contributed by atoms with Gasteiger partial charge in [0.25, 0.3) is 0 Å². The number of fused-ring (bicyclic) bond motifs is 1. The van der Waals surface area contributed by atoms with Crippen LogP contribution in [0.5, 0.6) is 0 Å². The molecule has 1 aliphatic carbocycles. The molecular formula is C17H29NOSi. The van der Waals surface area contributed by atoms with Gasteiger partial charge >= 0.3 is 0 Å². The average molecular weight is 292 g/mol. The highest BCUT2D eigenvalue weighted by Gasteiger charge is 2.37. The van der Waals surface area contributed by atoms with Crippen LogP contribution >= 0.6 is 0 Å². The van der Waals surface area contributed by atoms with E-state index in [-0.39, 0.29) is 0 Å². The third-order valence-corrected chi connectivity index (χ3v) is 9.49. The molecule has 1 atom stereocenters. The van der Waals surface area contributed by atoms with Crippen molar-refractivity contribution in [1.82, 2.24) is 4.98 Å². The van der Waals surface area contributed by atoms with Crippen LogP contribution < -0.4 is 0 Å². The molecule has 0 radical (unpaired) electrons. The van der Waals surface area contributed by atoms with Crippen LogP contribution in [0.2, 0.25) is 18.1 Å². The number of pyridine rings is 1. The van der Waals surface area contributed by atoms with Crippen molar-refractivity contribution in [1.29, 1.82) is 0 Å². The second-order valence-corrected chi connectivity index (χ2v) is 12.6. The van der Waals surface area contributed by atoms with E-state index in [1.165, 1.54) is 23.2 Å². The van der Waals surface area contributed by atoms with E-state index in [2.05, 4.69) is 51.8 Å². The summed E-state index contributed by atoms with van der Waals surface area (Å²) in [5.41, 5.74) is 4.03. The van der Waals surface area contributed by atoms with Crippen molar-refractivity contribution in [2.24, 2.45) is 5.92 Å². The molecule has 1 heterocycles. The van der Waals surface area contributed by atoms with Crippen LogP contribution in [-0.4, -0.2) is 19.9 Å². The van der Waals surface area contributed by atoms with Gasteiger partial charge < -0.3 is 4.43 Å². The summed E-state index contributed by atoms with van der Waals surface area (Å²) in [7, 11) is -1.61. The van der Waals surface area contributed by atoms with Gasteiger partial charge in [0.15, 0.2) is 8.32 Å². The summed E-state index contributed by atoms with van der Waals surface area (Å²) in [5, 5.41) is 0.301. The second-order valence-electron chi connectivity index (χ2n) is 7.80. The zero-order valence-corrected chi connectivity index (χ0v) is 14.9. The molecule has 0 bridgehead atoms. The number of rotatable bonds is 3. The Kier molecular flexibility index (Phi) is 4.40. The number of hydrogen-bond donors (Lipinski definition) is 0. The van der Waals surface area contributed by atoms with E-state index < -0.39 is 8.32 Å². The van der Waals surface area contributed by atoms with Crippen molar-refractivity contribution in [3.05, 3.63) is 29.1 Å². The first kappa shape index (κ1) is 15.7. The quantitative estimate of drug-likeness (QED) is 0.764. The lowest BCUT2D eigenvalue weighted by Crippen LogP contribution is -2.42. The van der Waals surface area contributed by atoms with Crippen molar-refractivity contribution in [3.63, 3.8) is 0 Å². The van der Waals surface area contributed by atoms with Crippen LogP contribution in [0.25, 0.3) is 0 Å². The highest BCUT2D eigenvalue weighted by molar-refractivity contribution is 6.74. The van der Waals surface area contributed by atoms with Crippen molar-refractivity contribution >= 4 is 8.32 Å². The highest BCUT2D eigenvalue weighted by atomic mass is 28.4. The summed E-state index contributed by atoms with van der Waals surface area (Å²) in [6.07, 6.45) is 5.49. The van der Waals surface area contributed by atoms with Crippen molar-refractivity contribution < 1.29 is 4.43 Å². The fraction of sp³-hybridized carbons (Fsp3) is 0.706. The number of aromatic nitrogens is 1. The minimum atomic E-state index is -1.61. The molecule has 112 valence electrons. The van der Waals surface area contributed by atoms with Gasteiger partial charge in [0.1, 0.15) is 0 Å². The van der Waals surface area contributed by atoms with Gasteiger partial charge in [0.05, 0.1) is 0 Å². The molecule has 1 aromatic rings. The van der Waals surface area contributed by atoms with Gasteiger partial charge in [-0.1, -0.05) is 26.8 Å². The largest absolute Gasteiger partial charge is 0.417 e. The summed E-state index contributed by atoms with van der Waals surface area (Å²) >= 11 is 0. The lowest BCUT2D eigenvalue weighted by atomic mass is 9.87. The van der Waals surface area contributed by atoms with Crippen LogP contribution in [0.15, 0.2) is 12.3 Å². The molecule has 1 aromatic heterocycles. The third-order valence-electron chi connectivity index (χ3n) is 4.99. The minimum absolute atomic E-state index is 0.301. The normalized spacial score (nSPS) is 19.8. The fourth-order valence-electron chi connectivity index (χ4n) is 2.48. The lowest BCUT2D eigenvalue weighted by Gasteiger charge is -2.37. The van der Waals surface area contributed by atoms with Crippen molar-refractivity contribution in [2.75, 3.05) is 6.61 Å². The molecule has 1 aliphatic rings. The molecule has 20 heavy (non-hydrogen) atoms. The zero-order valence-electron chi connectivity index (χ0n) is 13.9. The lowest BCUT2D eigenvalue weighted by molar-refractivity contribution is 0.214. The third kappa shape index (κ3) is 3.50. The van der Waals surface area contributed by atoms with E-state index in [4.69, 9.17) is 4.43 Å². The molecule has 0 N–H and O–H groups in total. The zero-order chi connectivity index (χ0) is 15.0. The van der Waals surface area contributed by atoms with Crippen LogP contribution in [0, 0.1) is 12.8 Å². The molecule has 3 heteroatoms. The maximum absolute atomic E-state index is 6.38. The van der Waals surface area contributed by atoms with E-state index in [1.54, 1.807) is 0 Å². The molecule has 0 aliphatic heterocycles. The highest BCUT2D eigenvalue weighted by Crippen LogP contribution is 2.37.